The predicted octanol–water partition coefficient (Wildman–Crippen LogP) is 3.28. The zero-order chi connectivity index (χ0) is 15.1. The van der Waals surface area contributed by atoms with Crippen molar-refractivity contribution in [3.8, 4) is 0 Å². The van der Waals surface area contributed by atoms with Crippen LogP contribution in [0.25, 0.3) is 0 Å². The first-order valence-electron chi connectivity index (χ1n) is 6.52. The Morgan fingerprint density at radius 2 is 1.81 bits per heavy atom. The Bertz CT molecular complexity index is 575. The van der Waals surface area contributed by atoms with Gasteiger partial charge in [0.1, 0.15) is 0 Å². The van der Waals surface area contributed by atoms with Crippen LogP contribution in [0.2, 0.25) is 5.02 Å². The van der Waals surface area contributed by atoms with E-state index in [9.17, 15) is 9.90 Å². The van der Waals surface area contributed by atoms with E-state index in [0.29, 0.717) is 10.8 Å². The minimum Gasteiger partial charge on any atom is -0.394 e. The molecule has 0 fully saturated rings. The van der Waals surface area contributed by atoms with Crippen LogP contribution in [0.5, 0.6) is 0 Å². The third-order valence-electron chi connectivity index (χ3n) is 2.90. The number of carbonyl (C=O) groups is 1. The molecule has 1 atom stereocenters. The number of nitrogens with one attached hydrogen (secondary N) is 1. The van der Waals surface area contributed by atoms with Gasteiger partial charge in [0.15, 0.2) is 0 Å². The standard InChI is InChI=1S/C16H16ClNO2S/c17-13-6-8-14(9-7-13)21-11-16(20)18-15(10-19)12-4-2-1-3-5-12/h1-9,15,19H,10-11H2,(H,18,20). The molecule has 2 rings (SSSR count). The number of halogens is 1. The number of rotatable bonds is 6. The smallest absolute Gasteiger partial charge is 0.230 e. The first kappa shape index (κ1) is 15.9. The van der Waals surface area contributed by atoms with Crippen molar-refractivity contribution in [2.75, 3.05) is 12.4 Å². The maximum atomic E-state index is 12.0. The summed E-state index contributed by atoms with van der Waals surface area (Å²) in [5.41, 5.74) is 0.893. The lowest BCUT2D eigenvalue weighted by Gasteiger charge is -2.16. The molecule has 0 bridgehead atoms. The van der Waals surface area contributed by atoms with Gasteiger partial charge in [0, 0.05) is 9.92 Å². The fourth-order valence-corrected chi connectivity index (χ4v) is 2.67. The number of aliphatic hydroxyl groups excluding tert-OH is 1. The van der Waals surface area contributed by atoms with E-state index in [1.807, 2.05) is 42.5 Å². The van der Waals surface area contributed by atoms with Gasteiger partial charge in [-0.1, -0.05) is 41.9 Å². The molecular formula is C16H16ClNO2S. The quantitative estimate of drug-likeness (QED) is 0.803. The highest BCUT2D eigenvalue weighted by Crippen LogP contribution is 2.20. The van der Waals surface area contributed by atoms with Crippen molar-refractivity contribution in [1.29, 1.82) is 0 Å². The van der Waals surface area contributed by atoms with Crippen LogP contribution in [0.15, 0.2) is 59.5 Å². The van der Waals surface area contributed by atoms with Gasteiger partial charge in [-0.3, -0.25) is 4.79 Å². The molecule has 2 aromatic carbocycles. The maximum Gasteiger partial charge on any atom is 0.230 e. The summed E-state index contributed by atoms with van der Waals surface area (Å²) in [6.45, 7) is -0.124. The zero-order valence-electron chi connectivity index (χ0n) is 11.3. The molecule has 0 aliphatic heterocycles. The maximum absolute atomic E-state index is 12.0. The van der Waals surface area contributed by atoms with Crippen molar-refractivity contribution in [1.82, 2.24) is 5.32 Å². The van der Waals surface area contributed by atoms with Crippen molar-refractivity contribution < 1.29 is 9.90 Å². The molecule has 1 amide bonds. The second-order valence-electron chi connectivity index (χ2n) is 4.46. The summed E-state index contributed by atoms with van der Waals surface area (Å²) >= 11 is 7.25. The molecule has 0 radical (unpaired) electrons. The van der Waals surface area contributed by atoms with Gasteiger partial charge in [-0.25, -0.2) is 0 Å². The Hall–Kier alpha value is -1.49. The minimum atomic E-state index is -0.371. The summed E-state index contributed by atoms with van der Waals surface area (Å²) in [6, 6.07) is 16.4. The lowest BCUT2D eigenvalue weighted by atomic mass is 10.1. The fraction of sp³-hybridized carbons (Fsp3) is 0.188. The zero-order valence-corrected chi connectivity index (χ0v) is 12.9. The Labute approximate surface area is 133 Å². The molecule has 0 saturated carbocycles. The lowest BCUT2D eigenvalue weighted by molar-refractivity contribution is -0.119. The summed E-state index contributed by atoms with van der Waals surface area (Å²) in [7, 11) is 0. The van der Waals surface area contributed by atoms with Crippen molar-refractivity contribution in [3.63, 3.8) is 0 Å². The number of carbonyl (C=O) groups excluding carboxylic acids is 1. The molecule has 21 heavy (non-hydrogen) atoms. The van der Waals surface area contributed by atoms with Gasteiger partial charge in [-0.15, -0.1) is 11.8 Å². The van der Waals surface area contributed by atoms with E-state index in [1.54, 1.807) is 12.1 Å². The number of amides is 1. The average Bonchev–Trinajstić information content (AvgIpc) is 2.53. The van der Waals surface area contributed by atoms with Gasteiger partial charge in [0.2, 0.25) is 5.91 Å². The van der Waals surface area contributed by atoms with Gasteiger partial charge in [0.25, 0.3) is 0 Å². The molecule has 0 aliphatic rings. The second kappa shape index (κ2) is 8.08. The summed E-state index contributed by atoms with van der Waals surface area (Å²) in [5.74, 6) is 0.183. The SMILES string of the molecule is O=C(CSc1ccc(Cl)cc1)NC(CO)c1ccccc1. The molecule has 5 heteroatoms. The van der Waals surface area contributed by atoms with Gasteiger partial charge in [0.05, 0.1) is 18.4 Å². The molecule has 3 nitrogen and oxygen atoms in total. The predicted molar refractivity (Wildman–Crippen MR) is 86.6 cm³/mol. The Balaban J connectivity index is 1.87. The monoisotopic (exact) mass is 321 g/mol. The molecule has 1 unspecified atom stereocenters. The molecule has 0 spiro atoms. The molecule has 0 saturated heterocycles. The number of hydrogen-bond acceptors (Lipinski definition) is 3. The fourth-order valence-electron chi connectivity index (χ4n) is 1.84. The highest BCUT2D eigenvalue weighted by molar-refractivity contribution is 8.00. The number of thioether (sulfide) groups is 1. The molecule has 110 valence electrons. The average molecular weight is 322 g/mol. The van der Waals surface area contributed by atoms with Crippen molar-refractivity contribution in [2.45, 2.75) is 10.9 Å². The summed E-state index contributed by atoms with van der Waals surface area (Å²) < 4.78 is 0. The molecule has 0 aromatic heterocycles. The number of hydrogen-bond donors (Lipinski definition) is 2. The highest BCUT2D eigenvalue weighted by Gasteiger charge is 2.13. The summed E-state index contributed by atoms with van der Waals surface area (Å²) in [5, 5.41) is 12.9. The topological polar surface area (TPSA) is 49.3 Å². The van der Waals surface area contributed by atoms with E-state index in [1.165, 1.54) is 11.8 Å². The molecule has 2 aromatic rings. The Kier molecular flexibility index (Phi) is 6.11. The molecule has 0 heterocycles. The van der Waals surface area contributed by atoms with Crippen LogP contribution in [0, 0.1) is 0 Å². The molecular weight excluding hydrogens is 306 g/mol. The molecule has 0 aliphatic carbocycles. The van der Waals surface area contributed by atoms with E-state index in [-0.39, 0.29) is 18.6 Å². The van der Waals surface area contributed by atoms with Gasteiger partial charge >= 0.3 is 0 Å². The van der Waals surface area contributed by atoms with Crippen LogP contribution < -0.4 is 5.32 Å². The van der Waals surface area contributed by atoms with E-state index in [2.05, 4.69) is 5.32 Å². The van der Waals surface area contributed by atoms with E-state index >= 15 is 0 Å². The van der Waals surface area contributed by atoms with E-state index < -0.39 is 0 Å². The van der Waals surface area contributed by atoms with Crippen LogP contribution >= 0.6 is 23.4 Å². The Morgan fingerprint density at radius 1 is 1.14 bits per heavy atom. The van der Waals surface area contributed by atoms with Crippen LogP contribution in [-0.2, 0) is 4.79 Å². The number of benzene rings is 2. The molecule has 2 N–H and O–H groups in total. The van der Waals surface area contributed by atoms with Crippen LogP contribution in [-0.4, -0.2) is 23.4 Å². The van der Waals surface area contributed by atoms with Gasteiger partial charge < -0.3 is 10.4 Å². The highest BCUT2D eigenvalue weighted by atomic mass is 35.5. The normalized spacial score (nSPS) is 11.9. The van der Waals surface area contributed by atoms with Crippen molar-refractivity contribution in [3.05, 3.63) is 65.2 Å². The number of aliphatic hydroxyl groups is 1. The third-order valence-corrected chi connectivity index (χ3v) is 4.17. The minimum absolute atomic E-state index is 0.113. The van der Waals surface area contributed by atoms with Gasteiger partial charge in [-0.05, 0) is 29.8 Å². The largest absolute Gasteiger partial charge is 0.394 e. The lowest BCUT2D eigenvalue weighted by Crippen LogP contribution is -2.32. The van der Waals surface area contributed by atoms with E-state index in [0.717, 1.165) is 10.5 Å². The summed E-state index contributed by atoms with van der Waals surface area (Å²) in [4.78, 5) is 12.9. The first-order valence-corrected chi connectivity index (χ1v) is 7.89. The van der Waals surface area contributed by atoms with Crippen LogP contribution in [0.4, 0.5) is 0 Å². The third kappa shape index (κ3) is 5.08. The van der Waals surface area contributed by atoms with Gasteiger partial charge in [-0.2, -0.15) is 0 Å². The van der Waals surface area contributed by atoms with Crippen molar-refractivity contribution in [2.24, 2.45) is 0 Å². The van der Waals surface area contributed by atoms with Crippen molar-refractivity contribution >= 4 is 29.3 Å². The second-order valence-corrected chi connectivity index (χ2v) is 5.94. The first-order chi connectivity index (χ1) is 10.2. The van der Waals surface area contributed by atoms with Crippen LogP contribution in [0.1, 0.15) is 11.6 Å². The Morgan fingerprint density at radius 3 is 2.43 bits per heavy atom. The van der Waals surface area contributed by atoms with E-state index in [4.69, 9.17) is 11.6 Å². The van der Waals surface area contributed by atoms with Crippen LogP contribution in [0.3, 0.4) is 0 Å². The summed E-state index contributed by atoms with van der Waals surface area (Å²) in [6.07, 6.45) is 0.